The van der Waals surface area contributed by atoms with E-state index < -0.39 is 0 Å². The minimum atomic E-state index is 0.512. The molecule has 1 aromatic heterocycles. The molecule has 0 spiro atoms. The monoisotopic (exact) mass is 340 g/mol. The lowest BCUT2D eigenvalue weighted by molar-refractivity contribution is 0.415. The lowest BCUT2D eigenvalue weighted by Crippen LogP contribution is -2.21. The fourth-order valence-corrected chi connectivity index (χ4v) is 3.16. The second kappa shape index (κ2) is 7.10. The van der Waals surface area contributed by atoms with E-state index in [1.807, 2.05) is 18.2 Å². The Bertz CT molecular complexity index is 842. The van der Waals surface area contributed by atoms with Crippen LogP contribution in [0.15, 0.2) is 48.5 Å². The van der Waals surface area contributed by atoms with Gasteiger partial charge in [-0.05, 0) is 55.6 Å². The second-order valence-corrected chi connectivity index (χ2v) is 5.96. The predicted octanol–water partition coefficient (Wildman–Crippen LogP) is 5.41. The zero-order valence-corrected chi connectivity index (χ0v) is 15.0. The van der Waals surface area contributed by atoms with Crippen LogP contribution in [0, 0.1) is 0 Å². The molecule has 4 heteroatoms. The van der Waals surface area contributed by atoms with Crippen LogP contribution in [0.4, 0.5) is 5.69 Å². The summed E-state index contributed by atoms with van der Waals surface area (Å²) in [7, 11) is 1.66. The Kier molecular flexibility index (Phi) is 4.91. The van der Waals surface area contributed by atoms with E-state index in [9.17, 15) is 0 Å². The molecule has 0 aliphatic rings. The zero-order chi connectivity index (χ0) is 17.1. The molecule has 3 rings (SSSR count). The molecule has 3 aromatic rings. The molecule has 0 radical (unpaired) electrons. The Morgan fingerprint density at radius 3 is 2.33 bits per heavy atom. The number of hydrogen-bond acceptors (Lipinski definition) is 3. The summed E-state index contributed by atoms with van der Waals surface area (Å²) in [6, 6.07) is 16.3. The molecule has 2 aromatic carbocycles. The first-order valence-electron chi connectivity index (χ1n) is 8.16. The van der Waals surface area contributed by atoms with Crippen molar-refractivity contribution in [2.45, 2.75) is 13.8 Å². The van der Waals surface area contributed by atoms with Gasteiger partial charge in [0, 0.05) is 29.7 Å². The van der Waals surface area contributed by atoms with Crippen molar-refractivity contribution in [2.24, 2.45) is 0 Å². The number of nitrogens with zero attached hydrogens (tertiary/aromatic N) is 2. The summed E-state index contributed by atoms with van der Waals surface area (Å²) in [5.74, 6) is 0.813. The Morgan fingerprint density at radius 2 is 1.71 bits per heavy atom. The van der Waals surface area contributed by atoms with E-state index in [0.29, 0.717) is 5.15 Å². The summed E-state index contributed by atoms with van der Waals surface area (Å²) >= 11 is 6.37. The Hall–Kier alpha value is -2.26. The second-order valence-electron chi connectivity index (χ2n) is 5.60. The number of aromatic nitrogens is 1. The van der Waals surface area contributed by atoms with Crippen molar-refractivity contribution in [2.75, 3.05) is 25.1 Å². The summed E-state index contributed by atoms with van der Waals surface area (Å²) in [6.45, 7) is 6.32. The highest BCUT2D eigenvalue weighted by molar-refractivity contribution is 6.34. The van der Waals surface area contributed by atoms with Crippen LogP contribution in [0.25, 0.3) is 22.0 Å². The van der Waals surface area contributed by atoms with Gasteiger partial charge in [0.2, 0.25) is 0 Å². The van der Waals surface area contributed by atoms with E-state index >= 15 is 0 Å². The van der Waals surface area contributed by atoms with Crippen molar-refractivity contribution >= 4 is 28.1 Å². The molecule has 0 saturated carbocycles. The first-order valence-corrected chi connectivity index (χ1v) is 8.53. The van der Waals surface area contributed by atoms with E-state index in [0.717, 1.165) is 40.9 Å². The molecule has 24 heavy (non-hydrogen) atoms. The molecule has 0 aliphatic heterocycles. The van der Waals surface area contributed by atoms with Crippen LogP contribution in [0.1, 0.15) is 13.8 Å². The average Bonchev–Trinajstić information content (AvgIpc) is 2.62. The summed E-state index contributed by atoms with van der Waals surface area (Å²) in [5.41, 5.74) is 3.14. The minimum Gasteiger partial charge on any atom is -0.497 e. The quantitative estimate of drug-likeness (QED) is 0.581. The third-order valence-corrected chi connectivity index (χ3v) is 4.57. The highest BCUT2D eigenvalue weighted by Gasteiger charge is 2.08. The first kappa shape index (κ1) is 16.6. The highest BCUT2D eigenvalue weighted by atomic mass is 35.5. The number of fused-ring (bicyclic) bond motifs is 1. The molecular formula is C20H21ClN2O. The molecule has 0 unspecified atom stereocenters. The molecule has 0 aliphatic carbocycles. The number of hydrogen-bond donors (Lipinski definition) is 0. The first-order chi connectivity index (χ1) is 11.7. The van der Waals surface area contributed by atoms with Crippen molar-refractivity contribution in [3.63, 3.8) is 0 Å². The SMILES string of the molecule is CCN(CC)c1ccc(-c2cc3cc(OC)ccc3c(Cl)n2)cc1. The summed E-state index contributed by atoms with van der Waals surface area (Å²) in [5, 5.41) is 2.47. The number of benzene rings is 2. The molecule has 3 nitrogen and oxygen atoms in total. The summed E-state index contributed by atoms with van der Waals surface area (Å²) in [4.78, 5) is 6.87. The molecule has 0 N–H and O–H groups in total. The van der Waals surface area contributed by atoms with Crippen molar-refractivity contribution in [1.29, 1.82) is 0 Å². The van der Waals surface area contributed by atoms with E-state index in [-0.39, 0.29) is 0 Å². The van der Waals surface area contributed by atoms with E-state index in [1.165, 1.54) is 5.69 Å². The van der Waals surface area contributed by atoms with Crippen LogP contribution in [0.3, 0.4) is 0 Å². The Morgan fingerprint density at radius 1 is 1.00 bits per heavy atom. The number of methoxy groups -OCH3 is 1. The van der Waals surface area contributed by atoms with Crippen LogP contribution in [-0.2, 0) is 0 Å². The van der Waals surface area contributed by atoms with E-state index in [4.69, 9.17) is 16.3 Å². The highest BCUT2D eigenvalue weighted by Crippen LogP contribution is 2.31. The van der Waals surface area contributed by atoms with E-state index in [1.54, 1.807) is 7.11 Å². The predicted molar refractivity (Wildman–Crippen MR) is 102 cm³/mol. The number of anilines is 1. The molecule has 1 heterocycles. The van der Waals surface area contributed by atoms with E-state index in [2.05, 4.69) is 54.1 Å². The van der Waals surface area contributed by atoms with Crippen molar-refractivity contribution in [3.05, 3.63) is 53.7 Å². The van der Waals surface area contributed by atoms with Gasteiger partial charge in [-0.25, -0.2) is 4.98 Å². The number of ether oxygens (including phenoxy) is 1. The van der Waals surface area contributed by atoms with Crippen molar-refractivity contribution in [3.8, 4) is 17.0 Å². The molecule has 124 valence electrons. The van der Waals surface area contributed by atoms with Gasteiger partial charge in [0.25, 0.3) is 0 Å². The molecule has 0 saturated heterocycles. The summed E-state index contributed by atoms with van der Waals surface area (Å²) in [6.07, 6.45) is 0. The lowest BCUT2D eigenvalue weighted by Gasteiger charge is -2.21. The van der Waals surface area contributed by atoms with Crippen LogP contribution < -0.4 is 9.64 Å². The van der Waals surface area contributed by atoms with Crippen LogP contribution in [0.5, 0.6) is 5.75 Å². The Balaban J connectivity index is 2.02. The minimum absolute atomic E-state index is 0.512. The van der Waals surface area contributed by atoms with Crippen molar-refractivity contribution < 1.29 is 4.74 Å². The normalized spacial score (nSPS) is 10.8. The maximum atomic E-state index is 6.37. The van der Waals surface area contributed by atoms with Gasteiger partial charge in [-0.1, -0.05) is 23.7 Å². The largest absolute Gasteiger partial charge is 0.497 e. The number of halogens is 1. The topological polar surface area (TPSA) is 25.4 Å². The molecule has 0 fully saturated rings. The smallest absolute Gasteiger partial charge is 0.137 e. The van der Waals surface area contributed by atoms with Crippen LogP contribution in [0.2, 0.25) is 5.15 Å². The van der Waals surface area contributed by atoms with Gasteiger partial charge in [-0.15, -0.1) is 0 Å². The lowest BCUT2D eigenvalue weighted by atomic mass is 10.1. The van der Waals surface area contributed by atoms with Gasteiger partial charge in [0.1, 0.15) is 10.9 Å². The fourth-order valence-electron chi connectivity index (χ4n) is 2.90. The van der Waals surface area contributed by atoms with Gasteiger partial charge in [0.15, 0.2) is 0 Å². The molecule has 0 amide bonds. The summed E-state index contributed by atoms with van der Waals surface area (Å²) < 4.78 is 5.31. The van der Waals surface area contributed by atoms with Crippen LogP contribution >= 0.6 is 11.6 Å². The number of pyridine rings is 1. The maximum Gasteiger partial charge on any atom is 0.137 e. The van der Waals surface area contributed by atoms with Gasteiger partial charge in [0.05, 0.1) is 12.8 Å². The number of rotatable bonds is 5. The van der Waals surface area contributed by atoms with Crippen molar-refractivity contribution in [1.82, 2.24) is 4.98 Å². The fraction of sp³-hybridized carbons (Fsp3) is 0.250. The van der Waals surface area contributed by atoms with Gasteiger partial charge >= 0.3 is 0 Å². The van der Waals surface area contributed by atoms with Crippen LogP contribution in [-0.4, -0.2) is 25.2 Å². The standard InChI is InChI=1S/C20H21ClN2O/c1-4-23(5-2)16-8-6-14(7-9-16)19-13-15-12-17(24-3)10-11-18(15)20(21)22-19/h6-13H,4-5H2,1-3H3. The van der Waals surface area contributed by atoms with Gasteiger partial charge in [-0.2, -0.15) is 0 Å². The maximum absolute atomic E-state index is 6.37. The Labute approximate surface area is 147 Å². The molecular weight excluding hydrogens is 320 g/mol. The van der Waals surface area contributed by atoms with Gasteiger partial charge < -0.3 is 9.64 Å². The molecule has 0 atom stereocenters. The third kappa shape index (κ3) is 3.17. The third-order valence-electron chi connectivity index (χ3n) is 4.28. The molecule has 0 bridgehead atoms. The average molecular weight is 341 g/mol. The zero-order valence-electron chi connectivity index (χ0n) is 14.2. The van der Waals surface area contributed by atoms with Gasteiger partial charge in [-0.3, -0.25) is 0 Å².